The number of ether oxygens (including phenoxy) is 2. The third-order valence-electron chi connectivity index (χ3n) is 5.94. The van der Waals surface area contributed by atoms with Gasteiger partial charge < -0.3 is 25.2 Å². The number of benzene rings is 2. The summed E-state index contributed by atoms with van der Waals surface area (Å²) >= 11 is 0. The fourth-order valence-corrected chi connectivity index (χ4v) is 3.95. The van der Waals surface area contributed by atoms with Crippen LogP contribution in [-0.4, -0.2) is 55.5 Å². The van der Waals surface area contributed by atoms with Crippen molar-refractivity contribution in [1.82, 2.24) is 10.6 Å². The Morgan fingerprint density at radius 3 is 2.15 bits per heavy atom. The molecule has 2 amide bonds. The molecular formula is C26H32N2O6. The summed E-state index contributed by atoms with van der Waals surface area (Å²) in [6, 6.07) is 16.2. The maximum absolute atomic E-state index is 12.4. The van der Waals surface area contributed by atoms with E-state index in [0.717, 1.165) is 22.3 Å². The van der Waals surface area contributed by atoms with Crippen LogP contribution in [0.5, 0.6) is 0 Å². The summed E-state index contributed by atoms with van der Waals surface area (Å²) in [4.78, 5) is 35.8. The number of carbonyl (C=O) groups is 3. The number of hydrogen-bond acceptors (Lipinski definition) is 5. The van der Waals surface area contributed by atoms with Gasteiger partial charge in [0, 0.05) is 25.6 Å². The molecule has 3 rings (SSSR count). The number of fused-ring (bicyclic) bond motifs is 3. The topological polar surface area (TPSA) is 114 Å². The average Bonchev–Trinajstić information content (AvgIpc) is 3.14. The molecule has 2 aromatic carbocycles. The molecule has 1 atom stereocenters. The maximum Gasteiger partial charge on any atom is 0.407 e. The molecule has 2 aromatic rings. The van der Waals surface area contributed by atoms with Crippen molar-refractivity contribution < 1.29 is 29.0 Å². The van der Waals surface area contributed by atoms with Crippen LogP contribution in [0.2, 0.25) is 0 Å². The molecule has 1 aliphatic rings. The first-order valence-corrected chi connectivity index (χ1v) is 11.4. The minimum atomic E-state index is -1.07. The Balaban J connectivity index is 1.50. The van der Waals surface area contributed by atoms with Gasteiger partial charge in [0.2, 0.25) is 5.91 Å². The summed E-state index contributed by atoms with van der Waals surface area (Å²) in [7, 11) is 0. The lowest BCUT2D eigenvalue weighted by atomic mass is 9.94. The highest BCUT2D eigenvalue weighted by molar-refractivity contribution is 5.80. The van der Waals surface area contributed by atoms with Gasteiger partial charge in [-0.25, -0.2) is 4.79 Å². The predicted molar refractivity (Wildman–Crippen MR) is 128 cm³/mol. The first-order valence-electron chi connectivity index (χ1n) is 11.4. The lowest BCUT2D eigenvalue weighted by molar-refractivity contribution is -0.146. The maximum atomic E-state index is 12.4. The molecule has 0 aromatic heterocycles. The van der Waals surface area contributed by atoms with Crippen LogP contribution in [0.4, 0.5) is 4.79 Å². The van der Waals surface area contributed by atoms with Gasteiger partial charge in [-0.05, 0) is 43.0 Å². The Morgan fingerprint density at radius 2 is 1.59 bits per heavy atom. The molecule has 1 unspecified atom stereocenters. The van der Waals surface area contributed by atoms with Crippen molar-refractivity contribution in [2.75, 3.05) is 26.3 Å². The van der Waals surface area contributed by atoms with Crippen molar-refractivity contribution in [3.05, 3.63) is 59.7 Å². The zero-order valence-electron chi connectivity index (χ0n) is 19.8. The Hall–Kier alpha value is -3.39. The van der Waals surface area contributed by atoms with Gasteiger partial charge in [-0.3, -0.25) is 9.59 Å². The normalized spacial score (nSPS) is 13.5. The summed E-state index contributed by atoms with van der Waals surface area (Å²) in [5, 5.41) is 14.5. The van der Waals surface area contributed by atoms with Gasteiger partial charge in [-0.15, -0.1) is 0 Å². The van der Waals surface area contributed by atoms with E-state index >= 15 is 0 Å². The highest BCUT2D eigenvalue weighted by Gasteiger charge is 2.30. The standard InChI is InChI=1S/C26H32N2O6/c1-4-33-17(13-23(29)28-16-26(2,3)24(30)31)14-27-25(32)34-15-22-20-11-7-5-9-18(20)19-10-6-8-12-21(19)22/h5-12,17,22H,4,13-16H2,1-3H3,(H,27,32)(H,28,29)(H,30,31). The van der Waals surface area contributed by atoms with Crippen LogP contribution in [0.15, 0.2) is 48.5 Å². The SMILES string of the molecule is CCOC(CNC(=O)OCC1c2ccccc2-c2ccccc21)CC(=O)NCC(C)(C)C(=O)O. The summed E-state index contributed by atoms with van der Waals surface area (Å²) in [6.07, 6.45) is -1.15. The molecule has 8 nitrogen and oxygen atoms in total. The van der Waals surface area contributed by atoms with Crippen LogP contribution in [-0.2, 0) is 19.1 Å². The molecule has 0 bridgehead atoms. The lowest BCUT2D eigenvalue weighted by Gasteiger charge is -2.21. The van der Waals surface area contributed by atoms with E-state index < -0.39 is 23.6 Å². The van der Waals surface area contributed by atoms with Gasteiger partial charge in [0.1, 0.15) is 6.61 Å². The molecule has 0 aliphatic heterocycles. The number of alkyl carbamates (subject to hydrolysis) is 1. The second-order valence-electron chi connectivity index (χ2n) is 8.95. The van der Waals surface area contributed by atoms with Gasteiger partial charge in [0.15, 0.2) is 0 Å². The third kappa shape index (κ3) is 6.14. The van der Waals surface area contributed by atoms with Crippen LogP contribution in [0.3, 0.4) is 0 Å². The zero-order valence-corrected chi connectivity index (χ0v) is 19.8. The predicted octanol–water partition coefficient (Wildman–Crippen LogP) is 3.55. The van der Waals surface area contributed by atoms with E-state index in [0.29, 0.717) is 6.61 Å². The van der Waals surface area contributed by atoms with Gasteiger partial charge in [-0.1, -0.05) is 48.5 Å². The molecule has 0 radical (unpaired) electrons. The van der Waals surface area contributed by atoms with E-state index in [2.05, 4.69) is 34.9 Å². The second-order valence-corrected chi connectivity index (χ2v) is 8.95. The number of carboxylic acid groups (broad SMARTS) is 1. The molecule has 3 N–H and O–H groups in total. The van der Waals surface area contributed by atoms with Crippen molar-refractivity contribution in [3.8, 4) is 11.1 Å². The van der Waals surface area contributed by atoms with Gasteiger partial charge >= 0.3 is 12.1 Å². The minimum Gasteiger partial charge on any atom is -0.481 e. The fraction of sp³-hybridized carbons (Fsp3) is 0.423. The van der Waals surface area contributed by atoms with Crippen LogP contribution in [0.25, 0.3) is 11.1 Å². The molecule has 0 spiro atoms. The van der Waals surface area contributed by atoms with E-state index in [1.807, 2.05) is 24.3 Å². The number of carbonyl (C=O) groups excluding carboxylic acids is 2. The largest absolute Gasteiger partial charge is 0.481 e. The number of rotatable bonds is 11. The first kappa shape index (κ1) is 25.2. The van der Waals surface area contributed by atoms with Crippen molar-refractivity contribution in [1.29, 1.82) is 0 Å². The Labute approximate surface area is 199 Å². The average molecular weight is 469 g/mol. The molecule has 0 saturated heterocycles. The van der Waals surface area contributed by atoms with Crippen LogP contribution < -0.4 is 10.6 Å². The zero-order chi connectivity index (χ0) is 24.7. The fourth-order valence-electron chi connectivity index (χ4n) is 3.95. The quantitative estimate of drug-likeness (QED) is 0.465. The molecule has 34 heavy (non-hydrogen) atoms. The Morgan fingerprint density at radius 1 is 1.00 bits per heavy atom. The number of hydrogen-bond donors (Lipinski definition) is 3. The van der Waals surface area contributed by atoms with Gasteiger partial charge in [0.25, 0.3) is 0 Å². The molecular weight excluding hydrogens is 436 g/mol. The molecule has 0 fully saturated rings. The minimum absolute atomic E-state index is 0.000180. The van der Waals surface area contributed by atoms with E-state index in [-0.39, 0.29) is 37.9 Å². The number of carboxylic acids is 1. The van der Waals surface area contributed by atoms with Crippen molar-refractivity contribution in [2.45, 2.75) is 39.2 Å². The highest BCUT2D eigenvalue weighted by atomic mass is 16.5. The summed E-state index contributed by atoms with van der Waals surface area (Å²) in [6.45, 7) is 5.53. The van der Waals surface area contributed by atoms with Crippen molar-refractivity contribution in [3.63, 3.8) is 0 Å². The summed E-state index contributed by atoms with van der Waals surface area (Å²) in [5.74, 6) is -1.38. The van der Waals surface area contributed by atoms with Crippen molar-refractivity contribution >= 4 is 18.0 Å². The Bertz CT molecular complexity index is 990. The third-order valence-corrected chi connectivity index (χ3v) is 5.94. The molecule has 0 saturated carbocycles. The first-order chi connectivity index (χ1) is 16.2. The smallest absolute Gasteiger partial charge is 0.407 e. The van der Waals surface area contributed by atoms with E-state index in [4.69, 9.17) is 14.6 Å². The second kappa shape index (κ2) is 11.2. The molecule has 1 aliphatic carbocycles. The number of nitrogens with one attached hydrogen (secondary N) is 2. The van der Waals surface area contributed by atoms with Gasteiger partial charge in [0.05, 0.1) is 17.9 Å². The highest BCUT2D eigenvalue weighted by Crippen LogP contribution is 2.44. The van der Waals surface area contributed by atoms with Crippen LogP contribution in [0.1, 0.15) is 44.2 Å². The van der Waals surface area contributed by atoms with Crippen LogP contribution in [0, 0.1) is 5.41 Å². The number of aliphatic carboxylic acids is 1. The molecule has 0 heterocycles. The van der Waals surface area contributed by atoms with Crippen LogP contribution >= 0.6 is 0 Å². The summed E-state index contributed by atoms with van der Waals surface area (Å²) < 4.78 is 11.1. The Kier molecular flexibility index (Phi) is 8.28. The van der Waals surface area contributed by atoms with Crippen molar-refractivity contribution in [2.24, 2.45) is 5.41 Å². The summed E-state index contributed by atoms with van der Waals surface area (Å²) in [5.41, 5.74) is 3.49. The van der Waals surface area contributed by atoms with Gasteiger partial charge in [-0.2, -0.15) is 0 Å². The van der Waals surface area contributed by atoms with E-state index in [9.17, 15) is 14.4 Å². The van der Waals surface area contributed by atoms with E-state index in [1.165, 1.54) is 13.8 Å². The molecule has 8 heteroatoms. The molecule has 182 valence electrons. The van der Waals surface area contributed by atoms with E-state index in [1.54, 1.807) is 6.92 Å². The monoisotopic (exact) mass is 468 g/mol. The lowest BCUT2D eigenvalue weighted by Crippen LogP contribution is -2.42. The number of amides is 2.